The van der Waals surface area contributed by atoms with Gasteiger partial charge in [0, 0.05) is 24.0 Å². The third kappa shape index (κ3) is 7.63. The van der Waals surface area contributed by atoms with Gasteiger partial charge < -0.3 is 15.0 Å². The van der Waals surface area contributed by atoms with Crippen molar-refractivity contribution < 1.29 is 14.3 Å². The van der Waals surface area contributed by atoms with Crippen LogP contribution in [0.5, 0.6) is 5.75 Å². The highest BCUT2D eigenvalue weighted by molar-refractivity contribution is 6.30. The van der Waals surface area contributed by atoms with Gasteiger partial charge in [0.1, 0.15) is 11.8 Å². The van der Waals surface area contributed by atoms with E-state index < -0.39 is 6.04 Å². The number of amides is 2. The quantitative estimate of drug-likeness (QED) is 0.436. The minimum atomic E-state index is -0.699. The van der Waals surface area contributed by atoms with E-state index in [0.29, 0.717) is 17.2 Å². The van der Waals surface area contributed by atoms with Gasteiger partial charge in [-0.2, -0.15) is 0 Å². The van der Waals surface area contributed by atoms with Crippen LogP contribution in [0.15, 0.2) is 78.9 Å². The van der Waals surface area contributed by atoms with Crippen molar-refractivity contribution >= 4 is 23.4 Å². The fraction of sp³-hybridized carbons (Fsp3) is 0.286. The van der Waals surface area contributed by atoms with Gasteiger partial charge in [-0.3, -0.25) is 9.59 Å². The largest absolute Gasteiger partial charge is 0.484 e. The zero-order chi connectivity index (χ0) is 24.5. The van der Waals surface area contributed by atoms with Crippen molar-refractivity contribution in [2.24, 2.45) is 0 Å². The molecular weight excluding hydrogens is 448 g/mol. The smallest absolute Gasteiger partial charge is 0.261 e. The molecule has 0 aromatic heterocycles. The molecular formula is C28H31ClN2O3. The molecule has 2 amide bonds. The van der Waals surface area contributed by atoms with Crippen LogP contribution in [0.3, 0.4) is 0 Å². The Hall–Kier alpha value is -3.31. The molecule has 0 radical (unpaired) electrons. The molecule has 0 unspecified atom stereocenters. The van der Waals surface area contributed by atoms with Crippen molar-refractivity contribution in [2.75, 3.05) is 6.61 Å². The minimum absolute atomic E-state index is 0.0536. The second-order valence-electron chi connectivity index (χ2n) is 8.62. The van der Waals surface area contributed by atoms with Crippen LogP contribution in [0.2, 0.25) is 5.02 Å². The van der Waals surface area contributed by atoms with Crippen molar-refractivity contribution in [1.29, 1.82) is 0 Å². The first-order valence-electron chi connectivity index (χ1n) is 11.4. The number of benzene rings is 3. The number of rotatable bonds is 10. The van der Waals surface area contributed by atoms with E-state index in [9.17, 15) is 9.59 Å². The third-order valence-electron chi connectivity index (χ3n) is 5.35. The fourth-order valence-corrected chi connectivity index (χ4v) is 3.71. The zero-order valence-electron chi connectivity index (χ0n) is 19.8. The van der Waals surface area contributed by atoms with Crippen LogP contribution < -0.4 is 10.1 Å². The summed E-state index contributed by atoms with van der Waals surface area (Å²) < 4.78 is 5.78. The predicted molar refractivity (Wildman–Crippen MR) is 136 cm³/mol. The number of aryl methyl sites for hydroxylation is 1. The molecule has 5 nitrogen and oxygen atoms in total. The van der Waals surface area contributed by atoms with E-state index in [1.165, 1.54) is 0 Å². The second-order valence-corrected chi connectivity index (χ2v) is 9.06. The van der Waals surface area contributed by atoms with Gasteiger partial charge in [-0.25, -0.2) is 0 Å². The maximum atomic E-state index is 13.5. The molecule has 0 saturated carbocycles. The number of nitrogens with one attached hydrogen (secondary N) is 1. The van der Waals surface area contributed by atoms with E-state index in [0.717, 1.165) is 16.7 Å². The molecule has 0 saturated heterocycles. The molecule has 0 spiro atoms. The topological polar surface area (TPSA) is 58.6 Å². The minimum Gasteiger partial charge on any atom is -0.484 e. The van der Waals surface area contributed by atoms with Gasteiger partial charge >= 0.3 is 0 Å². The number of halogens is 1. The Balaban J connectivity index is 1.89. The molecule has 3 aromatic carbocycles. The molecule has 1 atom stereocenters. The zero-order valence-corrected chi connectivity index (χ0v) is 20.6. The summed E-state index contributed by atoms with van der Waals surface area (Å²) in [6.07, 6.45) is 0.392. The molecule has 0 bridgehead atoms. The van der Waals surface area contributed by atoms with E-state index in [1.54, 1.807) is 17.0 Å². The standard InChI is InChI=1S/C28H31ClN2O3/c1-20(2)30-28(33)26(17-22-7-5-4-6-8-22)31(18-23-11-13-24(29)14-12-23)27(32)19-34-25-15-9-21(3)10-16-25/h4-16,20,26H,17-19H2,1-3H3,(H,30,33)/t26-/m1/s1. The van der Waals surface area contributed by atoms with Crippen LogP contribution in [0.4, 0.5) is 0 Å². The molecule has 3 aromatic rings. The lowest BCUT2D eigenvalue weighted by molar-refractivity contribution is -0.143. The normalized spacial score (nSPS) is 11.7. The van der Waals surface area contributed by atoms with Crippen LogP contribution in [-0.2, 0) is 22.6 Å². The number of carbonyl (C=O) groups is 2. The van der Waals surface area contributed by atoms with Gasteiger partial charge in [0.25, 0.3) is 5.91 Å². The van der Waals surface area contributed by atoms with Gasteiger partial charge in [0.15, 0.2) is 6.61 Å². The Morgan fingerprint density at radius 3 is 2.18 bits per heavy atom. The van der Waals surface area contributed by atoms with Gasteiger partial charge in [-0.05, 0) is 56.2 Å². The first-order valence-corrected chi connectivity index (χ1v) is 11.8. The number of carbonyl (C=O) groups excluding carboxylic acids is 2. The lowest BCUT2D eigenvalue weighted by Crippen LogP contribution is -2.52. The summed E-state index contributed by atoms with van der Waals surface area (Å²) in [5, 5.41) is 3.59. The molecule has 0 heterocycles. The van der Waals surface area contributed by atoms with Crippen molar-refractivity contribution in [1.82, 2.24) is 10.2 Å². The maximum absolute atomic E-state index is 13.5. The summed E-state index contributed by atoms with van der Waals surface area (Å²) in [4.78, 5) is 28.4. The molecule has 3 rings (SSSR count). The van der Waals surface area contributed by atoms with Gasteiger partial charge in [0.2, 0.25) is 5.91 Å². The van der Waals surface area contributed by atoms with Crippen LogP contribution in [0, 0.1) is 6.92 Å². The highest BCUT2D eigenvalue weighted by Gasteiger charge is 2.31. The summed E-state index contributed by atoms with van der Waals surface area (Å²) >= 11 is 6.05. The summed E-state index contributed by atoms with van der Waals surface area (Å²) in [6, 6.07) is 23.8. The molecule has 34 heavy (non-hydrogen) atoms. The van der Waals surface area contributed by atoms with Crippen LogP contribution in [-0.4, -0.2) is 35.4 Å². The predicted octanol–water partition coefficient (Wildman–Crippen LogP) is 5.19. The molecule has 0 fully saturated rings. The van der Waals surface area contributed by atoms with E-state index in [-0.39, 0.29) is 31.0 Å². The van der Waals surface area contributed by atoms with E-state index in [2.05, 4.69) is 5.32 Å². The van der Waals surface area contributed by atoms with Crippen molar-refractivity contribution in [3.05, 3.63) is 101 Å². The Morgan fingerprint density at radius 2 is 1.56 bits per heavy atom. The third-order valence-corrected chi connectivity index (χ3v) is 5.60. The molecule has 0 aliphatic rings. The molecule has 178 valence electrons. The maximum Gasteiger partial charge on any atom is 0.261 e. The SMILES string of the molecule is Cc1ccc(OCC(=O)N(Cc2ccc(Cl)cc2)[C@H](Cc2ccccc2)C(=O)NC(C)C)cc1. The summed E-state index contributed by atoms with van der Waals surface area (Å²) in [6.45, 7) is 5.89. The van der Waals surface area contributed by atoms with Gasteiger partial charge in [-0.15, -0.1) is 0 Å². The first kappa shape index (κ1) is 25.3. The number of hydrogen-bond donors (Lipinski definition) is 1. The summed E-state index contributed by atoms with van der Waals surface area (Å²) in [7, 11) is 0. The highest BCUT2D eigenvalue weighted by Crippen LogP contribution is 2.18. The average molecular weight is 479 g/mol. The Morgan fingerprint density at radius 1 is 0.912 bits per heavy atom. The van der Waals surface area contributed by atoms with Crippen LogP contribution in [0.25, 0.3) is 0 Å². The molecule has 0 aliphatic carbocycles. The molecule has 1 N–H and O–H groups in total. The van der Waals surface area contributed by atoms with E-state index in [4.69, 9.17) is 16.3 Å². The Kier molecular flexibility index (Phi) is 9.11. The van der Waals surface area contributed by atoms with E-state index >= 15 is 0 Å². The van der Waals surface area contributed by atoms with Gasteiger partial charge in [-0.1, -0.05) is 71.8 Å². The summed E-state index contributed by atoms with van der Waals surface area (Å²) in [5.74, 6) is 0.142. The van der Waals surface area contributed by atoms with Crippen molar-refractivity contribution in [3.8, 4) is 5.75 Å². The second kappa shape index (κ2) is 12.2. The Bertz CT molecular complexity index is 1070. The fourth-order valence-electron chi connectivity index (χ4n) is 3.58. The van der Waals surface area contributed by atoms with Crippen molar-refractivity contribution in [2.45, 2.75) is 45.8 Å². The number of hydrogen-bond acceptors (Lipinski definition) is 3. The number of nitrogens with zero attached hydrogens (tertiary/aromatic N) is 1. The molecule has 0 aliphatic heterocycles. The first-order chi connectivity index (χ1) is 16.3. The monoisotopic (exact) mass is 478 g/mol. The van der Waals surface area contributed by atoms with Gasteiger partial charge in [0.05, 0.1) is 0 Å². The lowest BCUT2D eigenvalue weighted by Gasteiger charge is -2.32. The van der Waals surface area contributed by atoms with Crippen LogP contribution >= 0.6 is 11.6 Å². The molecule has 6 heteroatoms. The van der Waals surface area contributed by atoms with Crippen molar-refractivity contribution in [3.63, 3.8) is 0 Å². The lowest BCUT2D eigenvalue weighted by atomic mass is 10.0. The number of ether oxygens (including phenoxy) is 1. The summed E-state index contributed by atoms with van der Waals surface area (Å²) in [5.41, 5.74) is 2.96. The van der Waals surface area contributed by atoms with Crippen LogP contribution in [0.1, 0.15) is 30.5 Å². The average Bonchev–Trinajstić information content (AvgIpc) is 2.82. The van der Waals surface area contributed by atoms with E-state index in [1.807, 2.05) is 87.5 Å². The Labute approximate surface area is 206 Å². The highest BCUT2D eigenvalue weighted by atomic mass is 35.5.